The molecule has 2 heterocycles. The summed E-state index contributed by atoms with van der Waals surface area (Å²) in [7, 11) is 0. The van der Waals surface area contributed by atoms with Crippen molar-refractivity contribution in [3.63, 3.8) is 0 Å². The van der Waals surface area contributed by atoms with Crippen molar-refractivity contribution in [3.8, 4) is 0 Å². The summed E-state index contributed by atoms with van der Waals surface area (Å²) in [5.74, 6) is -0.0227. The van der Waals surface area contributed by atoms with Crippen LogP contribution in [0.5, 0.6) is 0 Å². The van der Waals surface area contributed by atoms with E-state index in [1.165, 1.54) is 5.69 Å². The van der Waals surface area contributed by atoms with Crippen LogP contribution in [0.2, 0.25) is 5.02 Å². The second-order valence-electron chi connectivity index (χ2n) is 4.67. The molecule has 0 atom stereocenters. The third kappa shape index (κ3) is 2.43. The molecule has 0 bridgehead atoms. The number of carbonyl (C=O) groups is 1. The van der Waals surface area contributed by atoms with Crippen LogP contribution in [0.25, 0.3) is 0 Å². The first-order valence-corrected chi connectivity index (χ1v) is 8.13. The maximum absolute atomic E-state index is 12.6. The van der Waals surface area contributed by atoms with Gasteiger partial charge in [-0.3, -0.25) is 4.79 Å². The van der Waals surface area contributed by atoms with E-state index < -0.39 is 0 Å². The molecule has 3 nitrogen and oxygen atoms in total. The zero-order valence-electron chi connectivity index (χ0n) is 10.4. The van der Waals surface area contributed by atoms with Crippen LogP contribution in [0.3, 0.4) is 0 Å². The molecule has 0 fully saturated rings. The predicted molar refractivity (Wildman–Crippen MR) is 86.1 cm³/mol. The Morgan fingerprint density at radius 1 is 1.30 bits per heavy atom. The van der Waals surface area contributed by atoms with E-state index in [0.717, 1.165) is 21.1 Å². The Morgan fingerprint density at radius 2 is 2.05 bits per heavy atom. The molecule has 0 spiro atoms. The van der Waals surface area contributed by atoms with Gasteiger partial charge in [-0.05, 0) is 44.0 Å². The second-order valence-corrected chi connectivity index (χ2v) is 6.66. The van der Waals surface area contributed by atoms with Crippen LogP contribution >= 0.6 is 43.5 Å². The minimum Gasteiger partial charge on any atom is -0.352 e. The lowest BCUT2D eigenvalue weighted by molar-refractivity contribution is 0.0734. The van der Waals surface area contributed by atoms with Gasteiger partial charge >= 0.3 is 0 Å². The summed E-state index contributed by atoms with van der Waals surface area (Å²) in [4.78, 5) is 17.7. The Labute approximate surface area is 138 Å². The van der Waals surface area contributed by atoms with E-state index in [1.807, 2.05) is 17.0 Å². The molecule has 104 valence electrons. The molecule has 1 aliphatic heterocycles. The molecule has 2 aromatic rings. The highest BCUT2D eigenvalue weighted by molar-refractivity contribution is 9.13. The SMILES string of the molecule is O=C(c1ccccc1Cl)N1CCc2[nH]c(Br)c(Br)c2C1. The summed E-state index contributed by atoms with van der Waals surface area (Å²) in [6, 6.07) is 7.17. The van der Waals surface area contributed by atoms with E-state index in [0.29, 0.717) is 23.7 Å². The van der Waals surface area contributed by atoms with Crippen LogP contribution < -0.4 is 0 Å². The summed E-state index contributed by atoms with van der Waals surface area (Å²) >= 11 is 13.1. The van der Waals surface area contributed by atoms with E-state index in [-0.39, 0.29) is 5.91 Å². The molecule has 0 saturated heterocycles. The van der Waals surface area contributed by atoms with Gasteiger partial charge in [-0.2, -0.15) is 0 Å². The number of nitrogens with zero attached hydrogens (tertiary/aromatic N) is 1. The van der Waals surface area contributed by atoms with Crippen molar-refractivity contribution in [2.45, 2.75) is 13.0 Å². The van der Waals surface area contributed by atoms with Gasteiger partial charge < -0.3 is 9.88 Å². The molecule has 0 unspecified atom stereocenters. The average Bonchev–Trinajstić information content (AvgIpc) is 2.74. The fourth-order valence-corrected chi connectivity index (χ4v) is 3.56. The van der Waals surface area contributed by atoms with Gasteiger partial charge in [-0.25, -0.2) is 0 Å². The second kappa shape index (κ2) is 5.54. The maximum Gasteiger partial charge on any atom is 0.255 e. The molecule has 1 amide bonds. The van der Waals surface area contributed by atoms with Crippen molar-refractivity contribution in [3.05, 3.63) is 55.2 Å². The topological polar surface area (TPSA) is 36.1 Å². The van der Waals surface area contributed by atoms with E-state index in [9.17, 15) is 4.79 Å². The first kappa shape index (κ1) is 14.2. The lowest BCUT2D eigenvalue weighted by Crippen LogP contribution is -2.36. The van der Waals surface area contributed by atoms with E-state index in [2.05, 4.69) is 36.8 Å². The first-order valence-electron chi connectivity index (χ1n) is 6.16. The van der Waals surface area contributed by atoms with Crippen molar-refractivity contribution in [2.75, 3.05) is 6.54 Å². The number of aromatic nitrogens is 1. The smallest absolute Gasteiger partial charge is 0.255 e. The number of amides is 1. The number of benzene rings is 1. The molecule has 6 heteroatoms. The number of fused-ring (bicyclic) bond motifs is 1. The van der Waals surface area contributed by atoms with Gasteiger partial charge in [0, 0.05) is 30.8 Å². The van der Waals surface area contributed by atoms with E-state index >= 15 is 0 Å². The molecular formula is C14H11Br2ClN2O. The fourth-order valence-electron chi connectivity index (χ4n) is 2.40. The average molecular weight is 419 g/mol. The van der Waals surface area contributed by atoms with Crippen LogP contribution in [-0.4, -0.2) is 22.3 Å². The number of hydrogen-bond acceptors (Lipinski definition) is 1. The number of nitrogens with one attached hydrogen (secondary N) is 1. The molecule has 1 N–H and O–H groups in total. The van der Waals surface area contributed by atoms with Crippen molar-refractivity contribution >= 4 is 49.4 Å². The number of H-pyrrole nitrogens is 1. The first-order chi connectivity index (χ1) is 9.58. The normalized spacial score (nSPS) is 14.2. The summed E-state index contributed by atoms with van der Waals surface area (Å²) in [6.45, 7) is 1.28. The third-order valence-electron chi connectivity index (χ3n) is 3.45. The predicted octanol–water partition coefficient (Wildman–Crippen LogP) is 4.39. The number of carbonyl (C=O) groups excluding carboxylic acids is 1. The van der Waals surface area contributed by atoms with Crippen LogP contribution in [0, 0.1) is 0 Å². The Bertz CT molecular complexity index is 684. The summed E-state index contributed by atoms with van der Waals surface area (Å²) in [5, 5.41) is 0.498. The van der Waals surface area contributed by atoms with Crippen LogP contribution in [0.4, 0.5) is 0 Å². The van der Waals surface area contributed by atoms with Crippen LogP contribution in [-0.2, 0) is 13.0 Å². The lowest BCUT2D eigenvalue weighted by atomic mass is 10.1. The monoisotopic (exact) mass is 416 g/mol. The van der Waals surface area contributed by atoms with Crippen LogP contribution in [0.15, 0.2) is 33.3 Å². The molecule has 0 saturated carbocycles. The van der Waals surface area contributed by atoms with E-state index in [4.69, 9.17) is 11.6 Å². The van der Waals surface area contributed by atoms with Crippen molar-refractivity contribution in [1.82, 2.24) is 9.88 Å². The maximum atomic E-state index is 12.6. The Kier molecular flexibility index (Phi) is 3.93. The van der Waals surface area contributed by atoms with Crippen molar-refractivity contribution in [2.24, 2.45) is 0 Å². The number of hydrogen-bond donors (Lipinski definition) is 1. The van der Waals surface area contributed by atoms with Gasteiger partial charge in [-0.15, -0.1) is 0 Å². The molecule has 20 heavy (non-hydrogen) atoms. The van der Waals surface area contributed by atoms with Gasteiger partial charge in [0.2, 0.25) is 0 Å². The molecule has 1 aromatic carbocycles. The lowest BCUT2D eigenvalue weighted by Gasteiger charge is -2.27. The molecular weight excluding hydrogens is 407 g/mol. The fraction of sp³-hybridized carbons (Fsp3) is 0.214. The third-order valence-corrected chi connectivity index (χ3v) is 5.79. The highest BCUT2D eigenvalue weighted by Crippen LogP contribution is 2.33. The largest absolute Gasteiger partial charge is 0.352 e. The highest BCUT2D eigenvalue weighted by atomic mass is 79.9. The van der Waals surface area contributed by atoms with E-state index in [1.54, 1.807) is 12.1 Å². The van der Waals surface area contributed by atoms with Gasteiger partial charge in [0.15, 0.2) is 0 Å². The number of rotatable bonds is 1. The highest BCUT2D eigenvalue weighted by Gasteiger charge is 2.26. The molecule has 0 aliphatic carbocycles. The van der Waals surface area contributed by atoms with Gasteiger partial charge in [-0.1, -0.05) is 23.7 Å². The molecule has 1 aliphatic rings. The Balaban J connectivity index is 1.89. The Morgan fingerprint density at radius 3 is 2.80 bits per heavy atom. The minimum absolute atomic E-state index is 0.0227. The van der Waals surface area contributed by atoms with Crippen LogP contribution in [0.1, 0.15) is 21.6 Å². The molecule has 3 rings (SSSR count). The summed E-state index contributed by atoms with van der Waals surface area (Å²) in [6.07, 6.45) is 0.815. The zero-order valence-corrected chi connectivity index (χ0v) is 14.3. The van der Waals surface area contributed by atoms with Crippen molar-refractivity contribution in [1.29, 1.82) is 0 Å². The standard InChI is InChI=1S/C14H11Br2ClN2O/c15-12-9-7-19(6-5-11(9)18-13(12)16)14(20)8-3-1-2-4-10(8)17/h1-4,18H,5-7H2. The summed E-state index contributed by atoms with van der Waals surface area (Å²) in [5.41, 5.74) is 2.86. The van der Waals surface area contributed by atoms with Crippen molar-refractivity contribution < 1.29 is 4.79 Å². The van der Waals surface area contributed by atoms with Gasteiger partial charge in [0.25, 0.3) is 5.91 Å². The Hall–Kier alpha value is -0.780. The number of halogens is 3. The quantitative estimate of drug-likeness (QED) is 0.733. The number of aromatic amines is 1. The molecule has 0 radical (unpaired) electrons. The van der Waals surface area contributed by atoms with Gasteiger partial charge in [0.05, 0.1) is 19.7 Å². The van der Waals surface area contributed by atoms with Gasteiger partial charge in [0.1, 0.15) is 0 Å². The zero-order chi connectivity index (χ0) is 14.3. The summed E-state index contributed by atoms with van der Waals surface area (Å²) < 4.78 is 1.92. The molecule has 1 aromatic heterocycles. The minimum atomic E-state index is -0.0227.